The zero-order valence-electron chi connectivity index (χ0n) is 10.6. The monoisotopic (exact) mass is 270 g/mol. The van der Waals surface area contributed by atoms with Crippen molar-refractivity contribution in [3.05, 3.63) is 22.4 Å². The number of hydrogen-bond acceptors (Lipinski definition) is 3. The Kier molecular flexibility index (Phi) is 5.15. The van der Waals surface area contributed by atoms with Crippen molar-refractivity contribution < 1.29 is 14.7 Å². The number of hydrogen-bond donors (Lipinski definition) is 3. The fourth-order valence-electron chi connectivity index (χ4n) is 1.26. The van der Waals surface area contributed by atoms with E-state index in [1.54, 1.807) is 17.5 Å². The summed E-state index contributed by atoms with van der Waals surface area (Å²) in [5.41, 5.74) is 0. The molecule has 0 aliphatic rings. The molecule has 0 fully saturated rings. The Morgan fingerprint density at radius 3 is 2.39 bits per heavy atom. The third-order valence-electron chi connectivity index (χ3n) is 2.71. The predicted molar refractivity (Wildman–Crippen MR) is 70.7 cm³/mol. The van der Waals surface area contributed by atoms with Crippen LogP contribution in [0.1, 0.15) is 31.7 Å². The molecule has 3 N–H and O–H groups in total. The summed E-state index contributed by atoms with van der Waals surface area (Å²) in [7, 11) is 0. The van der Waals surface area contributed by atoms with E-state index in [0.717, 1.165) is 0 Å². The Balaban J connectivity index is 2.63. The Morgan fingerprint density at radius 2 is 1.94 bits per heavy atom. The van der Waals surface area contributed by atoms with E-state index in [-0.39, 0.29) is 6.04 Å². The maximum absolute atomic E-state index is 11.7. The minimum Gasteiger partial charge on any atom is -0.479 e. The summed E-state index contributed by atoms with van der Waals surface area (Å²) >= 11 is 1.30. The first kappa shape index (κ1) is 14.5. The van der Waals surface area contributed by atoms with E-state index in [1.165, 1.54) is 11.3 Å². The van der Waals surface area contributed by atoms with Gasteiger partial charge in [-0.1, -0.05) is 19.9 Å². The van der Waals surface area contributed by atoms with Crippen LogP contribution in [0.25, 0.3) is 0 Å². The Morgan fingerprint density at radius 1 is 1.28 bits per heavy atom. The van der Waals surface area contributed by atoms with E-state index in [9.17, 15) is 9.59 Å². The highest BCUT2D eigenvalue weighted by Gasteiger charge is 2.23. The highest BCUT2D eigenvalue weighted by Crippen LogP contribution is 2.19. The van der Waals surface area contributed by atoms with Gasteiger partial charge < -0.3 is 15.7 Å². The maximum atomic E-state index is 11.7. The number of urea groups is 1. The summed E-state index contributed by atoms with van der Waals surface area (Å²) in [5.74, 6) is -0.773. The lowest BCUT2D eigenvalue weighted by Gasteiger charge is -2.20. The van der Waals surface area contributed by atoms with E-state index in [0.29, 0.717) is 10.8 Å². The summed E-state index contributed by atoms with van der Waals surface area (Å²) in [6, 6.07) is 1.98. The maximum Gasteiger partial charge on any atom is 0.331 e. The average molecular weight is 270 g/mol. The number of carbonyl (C=O) groups excluding carboxylic acids is 1. The van der Waals surface area contributed by atoms with Gasteiger partial charge in [-0.15, -0.1) is 11.3 Å². The standard InChI is InChI=1S/C12H18N2O3S/c1-7(2)8(3)13-12(17)14-10(11(15)16)9-5-4-6-18-9/h4-8,10H,1-3H3,(H,15,16)(H2,13,14,17). The van der Waals surface area contributed by atoms with Crippen LogP contribution >= 0.6 is 11.3 Å². The molecule has 1 rings (SSSR count). The van der Waals surface area contributed by atoms with Gasteiger partial charge in [0.25, 0.3) is 0 Å². The summed E-state index contributed by atoms with van der Waals surface area (Å²) < 4.78 is 0. The van der Waals surface area contributed by atoms with Crippen LogP contribution in [0, 0.1) is 5.92 Å². The summed E-state index contributed by atoms with van der Waals surface area (Å²) in [5, 5.41) is 16.1. The quantitative estimate of drug-likeness (QED) is 0.767. The largest absolute Gasteiger partial charge is 0.479 e. The SMILES string of the molecule is CC(C)C(C)NC(=O)NC(C(=O)O)c1cccs1. The molecular formula is C12H18N2O3S. The van der Waals surface area contributed by atoms with Crippen molar-refractivity contribution in [3.63, 3.8) is 0 Å². The van der Waals surface area contributed by atoms with E-state index in [1.807, 2.05) is 20.8 Å². The van der Waals surface area contributed by atoms with Gasteiger partial charge in [0.1, 0.15) is 0 Å². The smallest absolute Gasteiger partial charge is 0.331 e. The molecule has 18 heavy (non-hydrogen) atoms. The van der Waals surface area contributed by atoms with Crippen molar-refractivity contribution in [2.45, 2.75) is 32.9 Å². The van der Waals surface area contributed by atoms with Crippen LogP contribution in [0.3, 0.4) is 0 Å². The summed E-state index contributed by atoms with van der Waals surface area (Å²) in [6.45, 7) is 5.85. The molecule has 2 amide bonds. The summed E-state index contributed by atoms with van der Waals surface area (Å²) in [6.07, 6.45) is 0. The van der Waals surface area contributed by atoms with E-state index < -0.39 is 18.0 Å². The molecule has 2 unspecified atom stereocenters. The number of amides is 2. The van der Waals surface area contributed by atoms with E-state index in [4.69, 9.17) is 5.11 Å². The molecule has 1 aromatic heterocycles. The lowest BCUT2D eigenvalue weighted by Crippen LogP contribution is -2.45. The third kappa shape index (κ3) is 4.03. The highest BCUT2D eigenvalue weighted by molar-refractivity contribution is 7.10. The topological polar surface area (TPSA) is 78.4 Å². The van der Waals surface area contributed by atoms with Crippen LogP contribution in [-0.2, 0) is 4.79 Å². The van der Waals surface area contributed by atoms with Crippen LogP contribution in [0.15, 0.2) is 17.5 Å². The minimum absolute atomic E-state index is 0.0113. The Bertz CT molecular complexity index is 403. The Labute approximate surface area is 110 Å². The number of rotatable bonds is 5. The zero-order valence-corrected chi connectivity index (χ0v) is 11.5. The molecule has 0 radical (unpaired) electrons. The van der Waals surface area contributed by atoms with Gasteiger partial charge in [0.2, 0.25) is 0 Å². The molecule has 6 heteroatoms. The molecule has 1 aromatic rings. The average Bonchev–Trinajstić information content (AvgIpc) is 2.78. The van der Waals surface area contributed by atoms with Crippen LogP contribution in [0.5, 0.6) is 0 Å². The third-order valence-corrected chi connectivity index (χ3v) is 3.65. The zero-order chi connectivity index (χ0) is 13.7. The molecular weight excluding hydrogens is 252 g/mol. The van der Waals surface area contributed by atoms with Crippen LogP contribution in [0.4, 0.5) is 4.79 Å². The first-order chi connectivity index (χ1) is 8.41. The van der Waals surface area contributed by atoms with Gasteiger partial charge in [0.15, 0.2) is 6.04 Å². The Hall–Kier alpha value is -1.56. The number of carboxylic acids is 1. The van der Waals surface area contributed by atoms with Gasteiger partial charge in [0, 0.05) is 10.9 Å². The number of nitrogens with one attached hydrogen (secondary N) is 2. The second-order valence-electron chi connectivity index (χ2n) is 4.44. The lowest BCUT2D eigenvalue weighted by atomic mass is 10.1. The van der Waals surface area contributed by atoms with Gasteiger partial charge in [0.05, 0.1) is 0 Å². The van der Waals surface area contributed by atoms with E-state index >= 15 is 0 Å². The molecule has 0 aromatic carbocycles. The minimum atomic E-state index is -1.06. The molecule has 0 spiro atoms. The number of carbonyl (C=O) groups is 2. The van der Waals surface area contributed by atoms with Gasteiger partial charge in [-0.25, -0.2) is 9.59 Å². The van der Waals surface area contributed by atoms with Crippen molar-refractivity contribution in [3.8, 4) is 0 Å². The number of aliphatic carboxylic acids is 1. The van der Waals surface area contributed by atoms with Crippen LogP contribution < -0.4 is 10.6 Å². The molecule has 0 aliphatic heterocycles. The van der Waals surface area contributed by atoms with Gasteiger partial charge in [-0.3, -0.25) is 0 Å². The first-order valence-electron chi connectivity index (χ1n) is 5.75. The van der Waals surface area contributed by atoms with Crippen molar-refractivity contribution in [2.75, 3.05) is 0 Å². The normalized spacial score (nSPS) is 14.0. The van der Waals surface area contributed by atoms with Gasteiger partial charge >= 0.3 is 12.0 Å². The van der Waals surface area contributed by atoms with Crippen molar-refractivity contribution in [1.82, 2.24) is 10.6 Å². The molecule has 5 nitrogen and oxygen atoms in total. The van der Waals surface area contributed by atoms with Crippen molar-refractivity contribution in [2.24, 2.45) is 5.92 Å². The number of thiophene rings is 1. The van der Waals surface area contributed by atoms with Crippen LogP contribution in [-0.4, -0.2) is 23.1 Å². The number of carboxylic acid groups (broad SMARTS) is 1. The first-order valence-corrected chi connectivity index (χ1v) is 6.63. The molecule has 0 aliphatic carbocycles. The molecule has 0 saturated carbocycles. The highest BCUT2D eigenvalue weighted by atomic mass is 32.1. The van der Waals surface area contributed by atoms with Crippen molar-refractivity contribution in [1.29, 1.82) is 0 Å². The summed E-state index contributed by atoms with van der Waals surface area (Å²) in [4.78, 5) is 23.4. The van der Waals surface area contributed by atoms with E-state index in [2.05, 4.69) is 10.6 Å². The molecule has 100 valence electrons. The van der Waals surface area contributed by atoms with Crippen LogP contribution in [0.2, 0.25) is 0 Å². The predicted octanol–water partition coefficient (Wildman–Crippen LogP) is 2.22. The fraction of sp³-hybridized carbons (Fsp3) is 0.500. The second kappa shape index (κ2) is 6.39. The van der Waals surface area contributed by atoms with Crippen molar-refractivity contribution >= 4 is 23.3 Å². The second-order valence-corrected chi connectivity index (χ2v) is 5.42. The molecule has 0 bridgehead atoms. The fourth-order valence-corrected chi connectivity index (χ4v) is 2.02. The molecule has 0 saturated heterocycles. The molecule has 1 heterocycles. The molecule has 2 atom stereocenters. The van der Waals surface area contributed by atoms with Gasteiger partial charge in [-0.05, 0) is 24.3 Å². The van der Waals surface area contributed by atoms with Gasteiger partial charge in [-0.2, -0.15) is 0 Å². The lowest BCUT2D eigenvalue weighted by molar-refractivity contribution is -0.139.